The molecular weight excluding hydrogens is 206 g/mol. The van der Waals surface area contributed by atoms with E-state index in [1.807, 2.05) is 0 Å². The molecule has 0 amide bonds. The lowest BCUT2D eigenvalue weighted by Gasteiger charge is -2.23. The van der Waals surface area contributed by atoms with Gasteiger partial charge in [0.1, 0.15) is 0 Å². The number of thiocarbonyl (C=S) groups is 1. The molecule has 2 N–H and O–H groups in total. The Balaban J connectivity index is 3.67. The van der Waals surface area contributed by atoms with E-state index < -0.39 is 0 Å². The standard InChI is InChI=1S/C11H25N3S/c1-4-7-14(10-9-13(2)3)8-5-6-11(12)15/h4-10H2,1-3H3,(H2,12,15). The highest BCUT2D eigenvalue weighted by Gasteiger charge is 2.04. The van der Waals surface area contributed by atoms with Gasteiger partial charge in [-0.15, -0.1) is 0 Å². The SMILES string of the molecule is CCCN(CCCC(N)=S)CCN(C)C. The Morgan fingerprint density at radius 3 is 2.27 bits per heavy atom. The Kier molecular flexibility index (Phi) is 8.95. The smallest absolute Gasteiger partial charge is 0.0727 e. The van der Waals surface area contributed by atoms with E-state index in [-0.39, 0.29) is 0 Å². The van der Waals surface area contributed by atoms with Gasteiger partial charge in [0.25, 0.3) is 0 Å². The van der Waals surface area contributed by atoms with Gasteiger partial charge in [0.2, 0.25) is 0 Å². The average Bonchev–Trinajstić information content (AvgIpc) is 2.13. The maximum atomic E-state index is 5.48. The van der Waals surface area contributed by atoms with Crippen molar-refractivity contribution in [3.05, 3.63) is 0 Å². The molecule has 0 spiro atoms. The van der Waals surface area contributed by atoms with Crippen molar-refractivity contribution in [2.24, 2.45) is 5.73 Å². The van der Waals surface area contributed by atoms with Crippen molar-refractivity contribution >= 4 is 17.2 Å². The summed E-state index contributed by atoms with van der Waals surface area (Å²) < 4.78 is 0. The second-order valence-electron chi connectivity index (χ2n) is 4.21. The molecule has 0 aliphatic rings. The zero-order chi connectivity index (χ0) is 11.7. The minimum atomic E-state index is 0.638. The topological polar surface area (TPSA) is 32.5 Å². The van der Waals surface area contributed by atoms with Gasteiger partial charge >= 0.3 is 0 Å². The van der Waals surface area contributed by atoms with Crippen molar-refractivity contribution in [1.82, 2.24) is 9.80 Å². The van der Waals surface area contributed by atoms with Crippen molar-refractivity contribution in [3.63, 3.8) is 0 Å². The predicted octanol–water partition coefficient (Wildman–Crippen LogP) is 1.33. The first-order valence-corrected chi connectivity index (χ1v) is 6.12. The van der Waals surface area contributed by atoms with Crippen molar-refractivity contribution < 1.29 is 0 Å². The van der Waals surface area contributed by atoms with Crippen LogP contribution < -0.4 is 5.73 Å². The first-order chi connectivity index (χ1) is 7.06. The normalized spacial score (nSPS) is 11.3. The van der Waals surface area contributed by atoms with Crippen LogP contribution in [-0.2, 0) is 0 Å². The van der Waals surface area contributed by atoms with E-state index in [9.17, 15) is 0 Å². The largest absolute Gasteiger partial charge is 0.393 e. The van der Waals surface area contributed by atoms with Gasteiger partial charge in [-0.3, -0.25) is 0 Å². The molecule has 0 aromatic rings. The molecule has 0 fully saturated rings. The Morgan fingerprint density at radius 2 is 1.80 bits per heavy atom. The van der Waals surface area contributed by atoms with Gasteiger partial charge in [0, 0.05) is 13.1 Å². The Morgan fingerprint density at radius 1 is 1.13 bits per heavy atom. The highest BCUT2D eigenvalue weighted by atomic mass is 32.1. The molecule has 0 rings (SSSR count). The molecule has 90 valence electrons. The van der Waals surface area contributed by atoms with Crippen LogP contribution in [-0.4, -0.2) is 55.1 Å². The summed E-state index contributed by atoms with van der Waals surface area (Å²) in [6.45, 7) is 6.76. The van der Waals surface area contributed by atoms with Crippen LogP contribution in [0.3, 0.4) is 0 Å². The minimum absolute atomic E-state index is 0.638. The van der Waals surface area contributed by atoms with E-state index in [0.717, 1.165) is 32.5 Å². The van der Waals surface area contributed by atoms with Gasteiger partial charge in [-0.1, -0.05) is 19.1 Å². The molecule has 0 aromatic carbocycles. The molecule has 0 saturated carbocycles. The van der Waals surface area contributed by atoms with E-state index in [0.29, 0.717) is 4.99 Å². The molecule has 0 aliphatic heterocycles. The summed E-state index contributed by atoms with van der Waals surface area (Å²) >= 11 is 4.87. The summed E-state index contributed by atoms with van der Waals surface area (Å²) in [7, 11) is 4.22. The first kappa shape index (κ1) is 14.8. The zero-order valence-corrected chi connectivity index (χ0v) is 11.1. The molecule has 0 aliphatic carbocycles. The van der Waals surface area contributed by atoms with Gasteiger partial charge in [-0.2, -0.15) is 0 Å². The molecule has 0 unspecified atom stereocenters. The van der Waals surface area contributed by atoms with Crippen LogP contribution >= 0.6 is 12.2 Å². The quantitative estimate of drug-likeness (QED) is 0.607. The minimum Gasteiger partial charge on any atom is -0.393 e. The molecule has 4 heteroatoms. The van der Waals surface area contributed by atoms with E-state index in [4.69, 9.17) is 18.0 Å². The highest BCUT2D eigenvalue weighted by Crippen LogP contribution is 1.97. The number of nitrogens with zero attached hydrogens (tertiary/aromatic N) is 2. The van der Waals surface area contributed by atoms with Crippen molar-refractivity contribution in [1.29, 1.82) is 0 Å². The maximum Gasteiger partial charge on any atom is 0.0727 e. The van der Waals surface area contributed by atoms with Crippen LogP contribution in [0.4, 0.5) is 0 Å². The summed E-state index contributed by atoms with van der Waals surface area (Å²) in [6.07, 6.45) is 3.17. The Bertz CT molecular complexity index is 171. The lowest BCUT2D eigenvalue weighted by Crippen LogP contribution is -2.33. The molecule has 0 saturated heterocycles. The molecule has 0 heterocycles. The first-order valence-electron chi connectivity index (χ1n) is 5.71. The van der Waals surface area contributed by atoms with Crippen molar-refractivity contribution in [2.75, 3.05) is 40.3 Å². The third-order valence-electron chi connectivity index (χ3n) is 2.30. The van der Waals surface area contributed by atoms with E-state index in [1.54, 1.807) is 0 Å². The third kappa shape index (κ3) is 10.1. The summed E-state index contributed by atoms with van der Waals surface area (Å²) in [6, 6.07) is 0. The molecule has 0 atom stereocenters. The summed E-state index contributed by atoms with van der Waals surface area (Å²) in [5.41, 5.74) is 5.48. The lowest BCUT2D eigenvalue weighted by molar-refractivity contribution is 0.240. The second-order valence-corrected chi connectivity index (χ2v) is 4.74. The van der Waals surface area contributed by atoms with Crippen LogP contribution in [0.25, 0.3) is 0 Å². The van der Waals surface area contributed by atoms with Crippen LogP contribution in [0.2, 0.25) is 0 Å². The Labute approximate surface area is 99.6 Å². The fourth-order valence-corrected chi connectivity index (χ4v) is 1.61. The fourth-order valence-electron chi connectivity index (χ4n) is 1.47. The van der Waals surface area contributed by atoms with Crippen molar-refractivity contribution in [2.45, 2.75) is 26.2 Å². The van der Waals surface area contributed by atoms with Crippen LogP contribution in [0, 0.1) is 0 Å². The molecule has 15 heavy (non-hydrogen) atoms. The van der Waals surface area contributed by atoms with Crippen LogP contribution in [0.1, 0.15) is 26.2 Å². The summed E-state index contributed by atoms with van der Waals surface area (Å²) in [5.74, 6) is 0. The number of likely N-dealkylation sites (N-methyl/N-ethyl adjacent to an activating group) is 1. The molecular formula is C11H25N3S. The van der Waals surface area contributed by atoms with Gasteiger partial charge in [0.15, 0.2) is 0 Å². The van der Waals surface area contributed by atoms with Crippen molar-refractivity contribution in [3.8, 4) is 0 Å². The van der Waals surface area contributed by atoms with E-state index >= 15 is 0 Å². The van der Waals surface area contributed by atoms with E-state index in [2.05, 4.69) is 30.8 Å². The molecule has 0 aromatic heterocycles. The highest BCUT2D eigenvalue weighted by molar-refractivity contribution is 7.80. The van der Waals surface area contributed by atoms with Gasteiger partial charge < -0.3 is 15.5 Å². The number of hydrogen-bond acceptors (Lipinski definition) is 3. The van der Waals surface area contributed by atoms with Gasteiger partial charge in [-0.05, 0) is 46.4 Å². The zero-order valence-electron chi connectivity index (χ0n) is 10.3. The van der Waals surface area contributed by atoms with Crippen LogP contribution in [0.15, 0.2) is 0 Å². The van der Waals surface area contributed by atoms with E-state index in [1.165, 1.54) is 13.0 Å². The predicted molar refractivity (Wildman–Crippen MR) is 71.3 cm³/mol. The number of rotatable bonds is 9. The Hall–Kier alpha value is -0.190. The molecule has 3 nitrogen and oxygen atoms in total. The van der Waals surface area contributed by atoms with Gasteiger partial charge in [0.05, 0.1) is 4.99 Å². The van der Waals surface area contributed by atoms with Crippen LogP contribution in [0.5, 0.6) is 0 Å². The number of nitrogens with two attached hydrogens (primary N) is 1. The lowest BCUT2D eigenvalue weighted by atomic mass is 10.2. The summed E-state index contributed by atoms with van der Waals surface area (Å²) in [5, 5.41) is 0. The monoisotopic (exact) mass is 231 g/mol. The second kappa shape index (κ2) is 9.07. The average molecular weight is 231 g/mol. The number of hydrogen-bond donors (Lipinski definition) is 1. The molecule has 0 radical (unpaired) electrons. The molecule has 0 bridgehead atoms. The maximum absolute atomic E-state index is 5.48. The fraction of sp³-hybridized carbons (Fsp3) is 0.909. The third-order valence-corrected chi connectivity index (χ3v) is 2.50. The summed E-state index contributed by atoms with van der Waals surface area (Å²) in [4.78, 5) is 5.34. The van der Waals surface area contributed by atoms with Gasteiger partial charge in [-0.25, -0.2) is 0 Å².